The van der Waals surface area contributed by atoms with Crippen molar-refractivity contribution in [2.24, 2.45) is 5.92 Å². The highest BCUT2D eigenvalue weighted by Crippen LogP contribution is 2.38. The van der Waals surface area contributed by atoms with E-state index in [4.69, 9.17) is 0 Å². The van der Waals surface area contributed by atoms with E-state index in [0.29, 0.717) is 0 Å². The molecule has 0 spiro atoms. The zero-order valence-electron chi connectivity index (χ0n) is 13.9. The summed E-state index contributed by atoms with van der Waals surface area (Å²) in [6.45, 7) is -0.150. The fourth-order valence-electron chi connectivity index (χ4n) is 3.89. The van der Waals surface area contributed by atoms with Crippen LogP contribution in [0.25, 0.3) is 11.1 Å². The minimum absolute atomic E-state index is 0.150. The lowest BCUT2D eigenvalue weighted by atomic mass is 9.77. The largest absolute Gasteiger partial charge is 0.251 e. The summed E-state index contributed by atoms with van der Waals surface area (Å²) in [7, 11) is 0. The molecule has 1 heteroatoms. The fourth-order valence-corrected chi connectivity index (χ4v) is 3.89. The van der Waals surface area contributed by atoms with Gasteiger partial charge in [-0.1, -0.05) is 67.4 Å². The number of halogens is 1. The number of alkyl halides is 1. The maximum Gasteiger partial charge on any atom is 0.0894 e. The van der Waals surface area contributed by atoms with Crippen LogP contribution in [0.4, 0.5) is 4.39 Å². The molecular formula is C22H27F. The monoisotopic (exact) mass is 310 g/mol. The van der Waals surface area contributed by atoms with Crippen LogP contribution >= 0.6 is 0 Å². The molecule has 0 aliphatic heterocycles. The molecule has 0 N–H and O–H groups in total. The molecule has 0 aromatic heterocycles. The van der Waals surface area contributed by atoms with Crippen LogP contribution in [0.3, 0.4) is 0 Å². The van der Waals surface area contributed by atoms with Crippen molar-refractivity contribution in [1.82, 2.24) is 0 Å². The Morgan fingerprint density at radius 1 is 0.739 bits per heavy atom. The van der Waals surface area contributed by atoms with E-state index in [9.17, 15) is 4.39 Å². The van der Waals surface area contributed by atoms with Crippen LogP contribution in [0, 0.1) is 5.92 Å². The number of rotatable bonds is 6. The summed E-state index contributed by atoms with van der Waals surface area (Å²) < 4.78 is 12.2. The molecule has 2 aromatic carbocycles. The van der Waals surface area contributed by atoms with Crippen molar-refractivity contribution >= 4 is 0 Å². The lowest BCUT2D eigenvalue weighted by Gasteiger charge is -2.29. The van der Waals surface area contributed by atoms with Gasteiger partial charge in [-0.2, -0.15) is 0 Å². The van der Waals surface area contributed by atoms with Crippen LogP contribution in [-0.4, -0.2) is 6.67 Å². The van der Waals surface area contributed by atoms with Gasteiger partial charge in [0, 0.05) is 0 Å². The molecule has 0 atom stereocenters. The van der Waals surface area contributed by atoms with E-state index in [1.807, 2.05) is 0 Å². The van der Waals surface area contributed by atoms with Crippen molar-refractivity contribution in [2.45, 2.75) is 50.9 Å². The van der Waals surface area contributed by atoms with Gasteiger partial charge in [0.25, 0.3) is 0 Å². The second kappa shape index (κ2) is 8.29. The highest BCUT2D eigenvalue weighted by molar-refractivity contribution is 5.63. The van der Waals surface area contributed by atoms with Crippen molar-refractivity contribution in [3.63, 3.8) is 0 Å². The Morgan fingerprint density at radius 2 is 1.39 bits per heavy atom. The van der Waals surface area contributed by atoms with Gasteiger partial charge < -0.3 is 0 Å². The summed E-state index contributed by atoms with van der Waals surface area (Å²) in [4.78, 5) is 0. The number of benzene rings is 2. The molecule has 1 fully saturated rings. The zero-order chi connectivity index (χ0) is 15.9. The molecule has 0 heterocycles. The van der Waals surface area contributed by atoms with Crippen LogP contribution < -0.4 is 0 Å². The SMILES string of the molecule is FCCCCC1CCC(c2ccc(-c3ccccc3)cc2)CC1. The zero-order valence-corrected chi connectivity index (χ0v) is 13.9. The van der Waals surface area contributed by atoms with E-state index >= 15 is 0 Å². The first kappa shape index (κ1) is 16.2. The van der Waals surface area contributed by atoms with Crippen LogP contribution in [0.2, 0.25) is 0 Å². The molecule has 1 saturated carbocycles. The summed E-state index contributed by atoms with van der Waals surface area (Å²) in [5.41, 5.74) is 4.08. The molecule has 0 unspecified atom stereocenters. The molecule has 0 amide bonds. The van der Waals surface area contributed by atoms with Gasteiger partial charge in [-0.25, -0.2) is 0 Å². The first-order valence-corrected chi connectivity index (χ1v) is 9.08. The molecular weight excluding hydrogens is 283 g/mol. The molecule has 23 heavy (non-hydrogen) atoms. The van der Waals surface area contributed by atoms with Crippen LogP contribution in [-0.2, 0) is 0 Å². The maximum atomic E-state index is 12.2. The first-order valence-electron chi connectivity index (χ1n) is 9.08. The molecule has 1 aliphatic carbocycles. The van der Waals surface area contributed by atoms with Gasteiger partial charge in [0.15, 0.2) is 0 Å². The van der Waals surface area contributed by atoms with Crippen molar-refractivity contribution in [1.29, 1.82) is 0 Å². The Morgan fingerprint density at radius 3 is 2.04 bits per heavy atom. The Kier molecular flexibility index (Phi) is 5.85. The molecule has 0 radical (unpaired) electrons. The molecule has 0 saturated heterocycles. The Balaban J connectivity index is 1.55. The Hall–Kier alpha value is -1.63. The van der Waals surface area contributed by atoms with Gasteiger partial charge in [-0.05, 0) is 60.6 Å². The van der Waals surface area contributed by atoms with Gasteiger partial charge in [0.2, 0.25) is 0 Å². The highest BCUT2D eigenvalue weighted by atomic mass is 19.1. The molecule has 1 aliphatic rings. The third kappa shape index (κ3) is 4.43. The summed E-state index contributed by atoms with van der Waals surface area (Å²) in [6, 6.07) is 19.7. The van der Waals surface area contributed by atoms with E-state index in [1.54, 1.807) is 0 Å². The third-order valence-electron chi connectivity index (χ3n) is 5.33. The molecule has 0 nitrogen and oxygen atoms in total. The van der Waals surface area contributed by atoms with Crippen LogP contribution in [0.1, 0.15) is 56.4 Å². The number of hydrogen-bond acceptors (Lipinski definition) is 0. The van der Waals surface area contributed by atoms with E-state index in [2.05, 4.69) is 54.6 Å². The van der Waals surface area contributed by atoms with Crippen molar-refractivity contribution in [3.05, 3.63) is 60.2 Å². The second-order valence-corrected chi connectivity index (χ2v) is 6.89. The topological polar surface area (TPSA) is 0 Å². The molecule has 3 rings (SSSR count). The fraction of sp³-hybridized carbons (Fsp3) is 0.455. The first-order chi connectivity index (χ1) is 11.4. The van der Waals surface area contributed by atoms with Crippen molar-refractivity contribution in [3.8, 4) is 11.1 Å². The number of hydrogen-bond donors (Lipinski definition) is 0. The van der Waals surface area contributed by atoms with Gasteiger partial charge in [0.05, 0.1) is 6.67 Å². The Bertz CT molecular complexity index is 565. The lowest BCUT2D eigenvalue weighted by molar-refractivity contribution is 0.298. The van der Waals surface area contributed by atoms with E-state index < -0.39 is 0 Å². The molecule has 0 bridgehead atoms. The maximum absolute atomic E-state index is 12.2. The van der Waals surface area contributed by atoms with Gasteiger partial charge in [-0.3, -0.25) is 4.39 Å². The normalized spacial score (nSPS) is 21.3. The van der Waals surface area contributed by atoms with E-state index in [0.717, 1.165) is 24.7 Å². The third-order valence-corrected chi connectivity index (χ3v) is 5.33. The van der Waals surface area contributed by atoms with E-state index in [-0.39, 0.29) is 6.67 Å². The standard InChI is InChI=1S/C22H27F/c23-17-5-4-6-18-9-11-20(12-10-18)22-15-13-21(14-16-22)19-7-2-1-3-8-19/h1-3,7-8,13-16,18,20H,4-6,9-12,17H2. The quantitative estimate of drug-likeness (QED) is 0.517. The average Bonchev–Trinajstić information content (AvgIpc) is 2.63. The second-order valence-electron chi connectivity index (χ2n) is 6.89. The summed E-state index contributed by atoms with van der Waals surface area (Å²) in [5.74, 6) is 1.55. The molecule has 122 valence electrons. The average molecular weight is 310 g/mol. The summed E-state index contributed by atoms with van der Waals surface area (Å²) >= 11 is 0. The van der Waals surface area contributed by atoms with E-state index in [1.165, 1.54) is 48.8 Å². The van der Waals surface area contributed by atoms with Gasteiger partial charge in [0.1, 0.15) is 0 Å². The molecule has 2 aromatic rings. The van der Waals surface area contributed by atoms with Crippen LogP contribution in [0.15, 0.2) is 54.6 Å². The Labute approximate surface area is 139 Å². The predicted molar refractivity (Wildman–Crippen MR) is 96.4 cm³/mol. The summed E-state index contributed by atoms with van der Waals surface area (Å²) in [5, 5.41) is 0. The van der Waals surface area contributed by atoms with Crippen molar-refractivity contribution < 1.29 is 4.39 Å². The van der Waals surface area contributed by atoms with Crippen molar-refractivity contribution in [2.75, 3.05) is 6.67 Å². The lowest BCUT2D eigenvalue weighted by Crippen LogP contribution is -2.13. The minimum Gasteiger partial charge on any atom is -0.251 e. The summed E-state index contributed by atoms with van der Waals surface area (Å²) in [6.07, 6.45) is 8.27. The number of unbranched alkanes of at least 4 members (excludes halogenated alkanes) is 1. The predicted octanol–water partition coefficient (Wildman–Crippen LogP) is 6.77. The van der Waals surface area contributed by atoms with Gasteiger partial charge >= 0.3 is 0 Å². The van der Waals surface area contributed by atoms with Crippen LogP contribution in [0.5, 0.6) is 0 Å². The smallest absolute Gasteiger partial charge is 0.0894 e. The minimum atomic E-state index is -0.150. The van der Waals surface area contributed by atoms with Gasteiger partial charge in [-0.15, -0.1) is 0 Å². The highest BCUT2D eigenvalue weighted by Gasteiger charge is 2.21.